The van der Waals surface area contributed by atoms with Crippen molar-refractivity contribution in [3.05, 3.63) is 34.9 Å². The Balaban J connectivity index is 1.83. The number of fused-ring (bicyclic) bond motifs is 2. The molecule has 2 aliphatic heterocycles. The lowest BCUT2D eigenvalue weighted by Gasteiger charge is -2.44. The van der Waals surface area contributed by atoms with Gasteiger partial charge in [-0.3, -0.25) is 9.69 Å². The first-order valence-corrected chi connectivity index (χ1v) is 8.08. The van der Waals surface area contributed by atoms with E-state index in [0.29, 0.717) is 11.8 Å². The molecule has 0 aromatic heterocycles. The van der Waals surface area contributed by atoms with Gasteiger partial charge in [-0.1, -0.05) is 11.6 Å². The number of carbonyl (C=O) groups is 1. The summed E-state index contributed by atoms with van der Waals surface area (Å²) in [5.41, 5.74) is 3.69. The van der Waals surface area contributed by atoms with E-state index < -0.39 is 0 Å². The molecule has 0 saturated carbocycles. The molecule has 2 heterocycles. The fraction of sp³-hybridized carbons (Fsp3) is 0.500. The summed E-state index contributed by atoms with van der Waals surface area (Å²) >= 11 is 0. The summed E-state index contributed by atoms with van der Waals surface area (Å²) in [6, 6.07) is 4.02. The zero-order valence-electron chi connectivity index (χ0n) is 13.4. The third kappa shape index (κ3) is 2.22. The lowest BCUT2D eigenvalue weighted by atomic mass is 9.74. The van der Waals surface area contributed by atoms with Gasteiger partial charge in [0.25, 0.3) is 0 Å². The molecule has 1 fully saturated rings. The summed E-state index contributed by atoms with van der Waals surface area (Å²) in [5, 5.41) is 10.1. The molecule has 1 aromatic rings. The van der Waals surface area contributed by atoms with E-state index >= 15 is 0 Å². The van der Waals surface area contributed by atoms with Crippen LogP contribution in [-0.4, -0.2) is 41.8 Å². The summed E-state index contributed by atoms with van der Waals surface area (Å²) in [6.07, 6.45) is 3.92. The van der Waals surface area contributed by atoms with Crippen LogP contribution in [0.25, 0.3) is 0 Å². The molecule has 0 radical (unpaired) electrons. The van der Waals surface area contributed by atoms with Gasteiger partial charge in [-0.05, 0) is 29.7 Å². The number of aromatic hydroxyl groups is 1. The van der Waals surface area contributed by atoms with E-state index in [0.717, 1.165) is 37.1 Å². The van der Waals surface area contributed by atoms with Crippen molar-refractivity contribution < 1.29 is 19.4 Å². The minimum absolute atomic E-state index is 0.111. The molecule has 5 nitrogen and oxygen atoms in total. The number of esters is 1. The number of benzene rings is 1. The third-order valence-corrected chi connectivity index (χ3v) is 5.30. The predicted octanol–water partition coefficient (Wildman–Crippen LogP) is 2.33. The maximum atomic E-state index is 11.5. The molecule has 23 heavy (non-hydrogen) atoms. The van der Waals surface area contributed by atoms with Crippen LogP contribution in [0.3, 0.4) is 0 Å². The first-order chi connectivity index (χ1) is 11.1. The van der Waals surface area contributed by atoms with Gasteiger partial charge < -0.3 is 14.6 Å². The maximum absolute atomic E-state index is 11.5. The van der Waals surface area contributed by atoms with Gasteiger partial charge in [0.1, 0.15) is 6.10 Å². The van der Waals surface area contributed by atoms with Crippen molar-refractivity contribution in [1.29, 1.82) is 0 Å². The summed E-state index contributed by atoms with van der Waals surface area (Å²) in [5.74, 6) is 0.515. The molecule has 0 amide bonds. The zero-order valence-corrected chi connectivity index (χ0v) is 13.4. The number of phenols is 1. The SMILES string of the molecule is COc1cc2c(cc1O)CN1CCC3=CCC(OC(C)=O)C2C31. The van der Waals surface area contributed by atoms with Gasteiger partial charge in [0.2, 0.25) is 0 Å². The fourth-order valence-corrected chi connectivity index (χ4v) is 4.43. The van der Waals surface area contributed by atoms with Gasteiger partial charge in [0, 0.05) is 38.4 Å². The number of ether oxygens (including phenoxy) is 2. The van der Waals surface area contributed by atoms with Crippen molar-refractivity contribution in [2.75, 3.05) is 13.7 Å². The van der Waals surface area contributed by atoms with Gasteiger partial charge in [-0.15, -0.1) is 0 Å². The minimum Gasteiger partial charge on any atom is -0.504 e. The van der Waals surface area contributed by atoms with E-state index in [9.17, 15) is 9.90 Å². The first kappa shape index (κ1) is 14.6. The Morgan fingerprint density at radius 2 is 2.22 bits per heavy atom. The average molecular weight is 315 g/mol. The molecule has 1 saturated heterocycles. The molecule has 3 aliphatic rings. The fourth-order valence-electron chi connectivity index (χ4n) is 4.43. The standard InChI is InChI=1S/C18H21NO4/c1-10(20)23-15-4-3-11-5-6-19-9-12-7-14(21)16(22-2)8-13(12)17(15)18(11)19/h3,7-8,15,17-18,21H,4-6,9H2,1-2H3. The number of methoxy groups -OCH3 is 1. The Labute approximate surface area is 135 Å². The number of hydrogen-bond acceptors (Lipinski definition) is 5. The van der Waals surface area contributed by atoms with Gasteiger partial charge >= 0.3 is 5.97 Å². The number of hydrogen-bond donors (Lipinski definition) is 1. The van der Waals surface area contributed by atoms with Crippen LogP contribution in [0, 0.1) is 0 Å². The van der Waals surface area contributed by atoms with Crippen molar-refractivity contribution in [2.24, 2.45) is 0 Å². The molecule has 3 unspecified atom stereocenters. The minimum atomic E-state index is -0.241. The van der Waals surface area contributed by atoms with E-state index in [1.54, 1.807) is 13.2 Å². The normalized spacial score (nSPS) is 28.6. The molecule has 122 valence electrons. The molecule has 0 bridgehead atoms. The number of rotatable bonds is 2. The largest absolute Gasteiger partial charge is 0.504 e. The summed E-state index contributed by atoms with van der Waals surface area (Å²) in [6.45, 7) is 3.30. The van der Waals surface area contributed by atoms with Crippen LogP contribution in [-0.2, 0) is 16.1 Å². The van der Waals surface area contributed by atoms with Gasteiger partial charge in [-0.2, -0.15) is 0 Å². The van der Waals surface area contributed by atoms with Gasteiger partial charge in [0.15, 0.2) is 11.5 Å². The Morgan fingerprint density at radius 1 is 1.39 bits per heavy atom. The summed E-state index contributed by atoms with van der Waals surface area (Å²) in [4.78, 5) is 14.0. The van der Waals surface area contributed by atoms with Gasteiger partial charge in [0.05, 0.1) is 7.11 Å². The number of carbonyl (C=O) groups excluding carboxylic acids is 1. The molecule has 1 N–H and O–H groups in total. The van der Waals surface area contributed by atoms with Crippen molar-refractivity contribution in [3.63, 3.8) is 0 Å². The summed E-state index contributed by atoms with van der Waals surface area (Å²) in [7, 11) is 1.56. The van der Waals surface area contributed by atoms with Crippen LogP contribution in [0.1, 0.15) is 36.8 Å². The quantitative estimate of drug-likeness (QED) is 0.670. The van der Waals surface area contributed by atoms with Gasteiger partial charge in [-0.25, -0.2) is 0 Å². The highest BCUT2D eigenvalue weighted by Gasteiger charge is 2.47. The van der Waals surface area contributed by atoms with Crippen molar-refractivity contribution in [2.45, 2.75) is 44.4 Å². The van der Waals surface area contributed by atoms with Crippen molar-refractivity contribution in [3.8, 4) is 11.5 Å². The highest BCUT2D eigenvalue weighted by molar-refractivity contribution is 5.66. The van der Waals surface area contributed by atoms with Crippen LogP contribution < -0.4 is 4.74 Å². The predicted molar refractivity (Wildman–Crippen MR) is 84.5 cm³/mol. The lowest BCUT2D eigenvalue weighted by Crippen LogP contribution is -2.46. The number of phenolic OH excluding ortho intramolecular Hbond substituents is 1. The second-order valence-corrected chi connectivity index (χ2v) is 6.58. The second-order valence-electron chi connectivity index (χ2n) is 6.58. The van der Waals surface area contributed by atoms with E-state index in [2.05, 4.69) is 11.0 Å². The Kier molecular flexibility index (Phi) is 3.34. The molecule has 4 rings (SSSR count). The molecule has 1 aliphatic carbocycles. The van der Waals surface area contributed by atoms with E-state index in [-0.39, 0.29) is 23.7 Å². The molecular formula is C18H21NO4. The Bertz CT molecular complexity index is 697. The van der Waals surface area contributed by atoms with Crippen LogP contribution in [0.4, 0.5) is 0 Å². The molecule has 5 heteroatoms. The van der Waals surface area contributed by atoms with Crippen LogP contribution in [0.15, 0.2) is 23.8 Å². The first-order valence-electron chi connectivity index (χ1n) is 8.08. The maximum Gasteiger partial charge on any atom is 0.302 e. The van der Waals surface area contributed by atoms with Crippen LogP contribution in [0.2, 0.25) is 0 Å². The highest BCUT2D eigenvalue weighted by Crippen LogP contribution is 2.49. The third-order valence-electron chi connectivity index (χ3n) is 5.30. The highest BCUT2D eigenvalue weighted by atomic mass is 16.5. The molecule has 3 atom stereocenters. The zero-order chi connectivity index (χ0) is 16.1. The number of nitrogens with zero attached hydrogens (tertiary/aromatic N) is 1. The van der Waals surface area contributed by atoms with E-state index in [4.69, 9.17) is 9.47 Å². The topological polar surface area (TPSA) is 59.0 Å². The molecule has 0 spiro atoms. The Morgan fingerprint density at radius 3 is 2.96 bits per heavy atom. The molecule has 1 aromatic carbocycles. The van der Waals surface area contributed by atoms with Crippen molar-refractivity contribution in [1.82, 2.24) is 4.90 Å². The summed E-state index contributed by atoms with van der Waals surface area (Å²) < 4.78 is 10.9. The lowest BCUT2D eigenvalue weighted by molar-refractivity contribution is -0.148. The molecular weight excluding hydrogens is 294 g/mol. The van der Waals surface area contributed by atoms with Crippen LogP contribution >= 0.6 is 0 Å². The second kappa shape index (κ2) is 5.27. The van der Waals surface area contributed by atoms with E-state index in [1.165, 1.54) is 12.5 Å². The van der Waals surface area contributed by atoms with E-state index in [1.807, 2.05) is 6.07 Å². The average Bonchev–Trinajstić information content (AvgIpc) is 2.92. The van der Waals surface area contributed by atoms with Crippen LogP contribution in [0.5, 0.6) is 11.5 Å². The Hall–Kier alpha value is -2.01. The monoisotopic (exact) mass is 315 g/mol. The van der Waals surface area contributed by atoms with Crippen molar-refractivity contribution >= 4 is 5.97 Å². The smallest absolute Gasteiger partial charge is 0.302 e.